The number of rotatable bonds is 9. The van der Waals surface area contributed by atoms with Crippen LogP contribution in [0.15, 0.2) is 42.1 Å². The predicted octanol–water partition coefficient (Wildman–Crippen LogP) is 6.29. The van der Waals surface area contributed by atoms with Crippen LogP contribution in [0.25, 0.3) is 10.8 Å². The highest BCUT2D eigenvalue weighted by Crippen LogP contribution is 2.34. The molecule has 1 N–H and O–H groups in total. The second-order valence-corrected chi connectivity index (χ2v) is 8.05. The predicted molar refractivity (Wildman–Crippen MR) is 115 cm³/mol. The lowest BCUT2D eigenvalue weighted by atomic mass is 10.0. The molecule has 0 aliphatic carbocycles. The number of benzene rings is 1. The van der Waals surface area contributed by atoms with E-state index < -0.39 is 0 Å². The lowest BCUT2D eigenvalue weighted by molar-refractivity contribution is 0.196. The highest BCUT2D eigenvalue weighted by Gasteiger charge is 2.22. The van der Waals surface area contributed by atoms with Gasteiger partial charge in [-0.25, -0.2) is 0 Å². The summed E-state index contributed by atoms with van der Waals surface area (Å²) in [6.45, 7) is 7.88. The molecule has 2 aromatic rings. The summed E-state index contributed by atoms with van der Waals surface area (Å²) in [6, 6.07) is 8.54. The third-order valence-electron chi connectivity index (χ3n) is 6.02. The first kappa shape index (κ1) is 20.0. The summed E-state index contributed by atoms with van der Waals surface area (Å²) >= 11 is 0. The maximum atomic E-state index is 10.6. The molecular weight excluding hydrogens is 332 g/mol. The van der Waals surface area contributed by atoms with Gasteiger partial charge in [0.15, 0.2) is 5.88 Å². The van der Waals surface area contributed by atoms with Crippen LogP contribution in [0.1, 0.15) is 71.3 Å². The van der Waals surface area contributed by atoms with E-state index in [1.807, 2.05) is 18.2 Å². The molecule has 3 heteroatoms. The molecule has 1 aromatic heterocycles. The van der Waals surface area contributed by atoms with E-state index in [1.165, 1.54) is 38.5 Å². The van der Waals surface area contributed by atoms with Crippen molar-refractivity contribution in [1.82, 2.24) is 9.47 Å². The molecule has 0 amide bonds. The molecule has 2 heterocycles. The minimum atomic E-state index is 0.414. The number of piperidine rings is 1. The number of allylic oxidation sites excluding steroid dienone is 1. The summed E-state index contributed by atoms with van der Waals surface area (Å²) in [7, 11) is 0. The highest BCUT2D eigenvalue weighted by molar-refractivity contribution is 5.87. The van der Waals surface area contributed by atoms with Gasteiger partial charge < -0.3 is 9.67 Å². The molecule has 0 radical (unpaired) electrons. The van der Waals surface area contributed by atoms with E-state index in [0.29, 0.717) is 11.9 Å². The van der Waals surface area contributed by atoms with Crippen molar-refractivity contribution in [2.45, 2.75) is 71.3 Å². The first-order chi connectivity index (χ1) is 13.2. The van der Waals surface area contributed by atoms with Gasteiger partial charge in [0.25, 0.3) is 0 Å². The minimum absolute atomic E-state index is 0.414. The van der Waals surface area contributed by atoms with Crippen molar-refractivity contribution in [2.24, 2.45) is 0 Å². The molecule has 1 aromatic carbocycles. The molecule has 1 fully saturated rings. The lowest BCUT2D eigenvalue weighted by Gasteiger charge is -2.32. The Balaban J connectivity index is 1.56. The van der Waals surface area contributed by atoms with E-state index in [-0.39, 0.29) is 0 Å². The van der Waals surface area contributed by atoms with Gasteiger partial charge >= 0.3 is 0 Å². The molecular formula is C24H36N2O. The zero-order valence-electron chi connectivity index (χ0n) is 17.2. The molecule has 3 nitrogen and oxygen atoms in total. The minimum Gasteiger partial charge on any atom is -0.494 e. The zero-order valence-corrected chi connectivity index (χ0v) is 17.2. The zero-order chi connectivity index (χ0) is 19.1. The molecule has 27 heavy (non-hydrogen) atoms. The van der Waals surface area contributed by atoms with E-state index in [9.17, 15) is 5.11 Å². The van der Waals surface area contributed by atoms with Crippen molar-refractivity contribution in [3.63, 3.8) is 0 Å². The van der Waals surface area contributed by atoms with Crippen LogP contribution in [0.2, 0.25) is 0 Å². The Hall–Kier alpha value is -1.74. The average Bonchev–Trinajstić information content (AvgIpc) is 3.05. The molecule has 1 aliphatic heterocycles. The van der Waals surface area contributed by atoms with Gasteiger partial charge in [0, 0.05) is 42.6 Å². The Kier molecular flexibility index (Phi) is 7.40. The number of unbranched alkanes of at least 4 members (excludes halogenated alkanes) is 2. The third kappa shape index (κ3) is 5.16. The van der Waals surface area contributed by atoms with E-state index in [0.717, 1.165) is 43.2 Å². The van der Waals surface area contributed by atoms with Gasteiger partial charge in [-0.2, -0.15) is 0 Å². The number of likely N-dealkylation sites (tertiary alicyclic amines) is 1. The standard InChI is InChI=1S/C24H36N2O/c1-3-5-9-20(10-6-4-2)13-16-25-17-14-22(15-18-25)26-19-21-11-7-8-12-23(21)24(26)27/h7-8,11-13,19,22,27H,3-6,9-10,14-18H2,1-2H3. The van der Waals surface area contributed by atoms with Gasteiger partial charge in [-0.3, -0.25) is 4.90 Å². The summed E-state index contributed by atoms with van der Waals surface area (Å²) in [6.07, 6.45) is 14.6. The topological polar surface area (TPSA) is 28.4 Å². The lowest BCUT2D eigenvalue weighted by Crippen LogP contribution is -2.34. The van der Waals surface area contributed by atoms with Crippen LogP contribution in [0.4, 0.5) is 0 Å². The fourth-order valence-corrected chi connectivity index (χ4v) is 4.22. The quantitative estimate of drug-likeness (QED) is 0.527. The Bertz CT molecular complexity index is 728. The third-order valence-corrected chi connectivity index (χ3v) is 6.02. The summed E-state index contributed by atoms with van der Waals surface area (Å²) in [5.41, 5.74) is 1.66. The number of nitrogens with zero attached hydrogens (tertiary/aromatic N) is 2. The van der Waals surface area contributed by atoms with Crippen molar-refractivity contribution < 1.29 is 5.11 Å². The van der Waals surface area contributed by atoms with Crippen molar-refractivity contribution in [1.29, 1.82) is 0 Å². The molecule has 1 aliphatic rings. The average molecular weight is 369 g/mol. The fourth-order valence-electron chi connectivity index (χ4n) is 4.22. The Morgan fingerprint density at radius 2 is 1.74 bits per heavy atom. The molecule has 0 bridgehead atoms. The molecule has 0 atom stereocenters. The van der Waals surface area contributed by atoms with Crippen LogP contribution in [-0.4, -0.2) is 34.2 Å². The van der Waals surface area contributed by atoms with Crippen LogP contribution in [-0.2, 0) is 0 Å². The first-order valence-electron chi connectivity index (χ1n) is 10.9. The molecule has 148 valence electrons. The normalized spacial score (nSPS) is 16.1. The van der Waals surface area contributed by atoms with Crippen molar-refractivity contribution in [2.75, 3.05) is 19.6 Å². The largest absolute Gasteiger partial charge is 0.494 e. The monoisotopic (exact) mass is 368 g/mol. The van der Waals surface area contributed by atoms with E-state index in [1.54, 1.807) is 5.57 Å². The van der Waals surface area contributed by atoms with E-state index >= 15 is 0 Å². The second-order valence-electron chi connectivity index (χ2n) is 8.05. The molecule has 0 spiro atoms. The van der Waals surface area contributed by atoms with Gasteiger partial charge in [0.05, 0.1) is 0 Å². The van der Waals surface area contributed by atoms with Crippen molar-refractivity contribution in [3.8, 4) is 5.88 Å². The Labute approximate surface area is 164 Å². The summed E-state index contributed by atoms with van der Waals surface area (Å²) in [5.74, 6) is 0.436. The van der Waals surface area contributed by atoms with E-state index in [4.69, 9.17) is 0 Å². The maximum absolute atomic E-state index is 10.6. The number of aromatic nitrogens is 1. The van der Waals surface area contributed by atoms with Crippen LogP contribution in [0.5, 0.6) is 5.88 Å². The SMILES string of the molecule is CCCCC(=CCN1CCC(n2cc3ccccc3c2O)CC1)CCCC. The van der Waals surface area contributed by atoms with Crippen LogP contribution in [0.3, 0.4) is 0 Å². The summed E-state index contributed by atoms with van der Waals surface area (Å²) in [4.78, 5) is 2.58. The van der Waals surface area contributed by atoms with Gasteiger partial charge in [0.2, 0.25) is 0 Å². The van der Waals surface area contributed by atoms with E-state index in [2.05, 4.69) is 41.7 Å². The molecule has 0 saturated carbocycles. The van der Waals surface area contributed by atoms with Crippen molar-refractivity contribution >= 4 is 10.8 Å². The van der Waals surface area contributed by atoms with Crippen LogP contribution >= 0.6 is 0 Å². The fraction of sp³-hybridized carbons (Fsp3) is 0.583. The first-order valence-corrected chi connectivity index (χ1v) is 10.9. The maximum Gasteiger partial charge on any atom is 0.199 e. The number of fused-ring (bicyclic) bond motifs is 1. The highest BCUT2D eigenvalue weighted by atomic mass is 16.3. The number of hydrogen-bond donors (Lipinski definition) is 1. The number of aromatic hydroxyl groups is 1. The van der Waals surface area contributed by atoms with Crippen LogP contribution < -0.4 is 0 Å². The Morgan fingerprint density at radius 3 is 2.37 bits per heavy atom. The second kappa shape index (κ2) is 9.98. The van der Waals surface area contributed by atoms with Gasteiger partial charge in [0.1, 0.15) is 0 Å². The van der Waals surface area contributed by atoms with Crippen molar-refractivity contribution in [3.05, 3.63) is 42.1 Å². The summed E-state index contributed by atoms with van der Waals surface area (Å²) in [5, 5.41) is 12.7. The van der Waals surface area contributed by atoms with Crippen LogP contribution in [0, 0.1) is 0 Å². The van der Waals surface area contributed by atoms with Gasteiger partial charge in [-0.1, -0.05) is 56.5 Å². The Morgan fingerprint density at radius 1 is 1.07 bits per heavy atom. The van der Waals surface area contributed by atoms with Gasteiger partial charge in [-0.15, -0.1) is 0 Å². The molecule has 0 unspecified atom stereocenters. The molecule has 3 rings (SSSR count). The number of hydrogen-bond acceptors (Lipinski definition) is 2. The summed E-state index contributed by atoms with van der Waals surface area (Å²) < 4.78 is 2.10. The smallest absolute Gasteiger partial charge is 0.199 e. The molecule has 1 saturated heterocycles. The van der Waals surface area contributed by atoms with Gasteiger partial charge in [-0.05, 0) is 44.6 Å².